The van der Waals surface area contributed by atoms with Crippen LogP contribution in [0.15, 0.2) is 36.4 Å². The summed E-state index contributed by atoms with van der Waals surface area (Å²) in [5, 5.41) is 1.07. The van der Waals surface area contributed by atoms with Crippen molar-refractivity contribution in [3.05, 3.63) is 42.1 Å². The molecule has 1 aromatic carbocycles. The number of hydrogen-bond acceptors (Lipinski definition) is 5. The molecule has 0 radical (unpaired) electrons. The molecule has 0 aliphatic carbocycles. The fraction of sp³-hybridized carbons (Fsp3) is 0.353. The predicted molar refractivity (Wildman–Crippen MR) is 97.3 cm³/mol. The second-order valence-corrected chi connectivity index (χ2v) is 8.93. The molecule has 4 heterocycles. The number of hydrogen-bond donors (Lipinski definition) is 0. The van der Waals surface area contributed by atoms with Gasteiger partial charge in [0.1, 0.15) is 6.04 Å². The van der Waals surface area contributed by atoms with E-state index in [1.54, 1.807) is 27.6 Å². The van der Waals surface area contributed by atoms with Gasteiger partial charge in [-0.15, -0.1) is 0 Å². The molecule has 3 fully saturated rings. The number of piperazine rings is 1. The van der Waals surface area contributed by atoms with Crippen molar-refractivity contribution >= 4 is 44.3 Å². The molecule has 5 nitrogen and oxygen atoms in total. The lowest BCUT2D eigenvalue weighted by atomic mass is 10.1. The molecule has 124 valence electrons. The van der Waals surface area contributed by atoms with E-state index in [4.69, 9.17) is 0 Å². The van der Waals surface area contributed by atoms with Gasteiger partial charge in [0.2, 0.25) is 5.91 Å². The standard InChI is InChI=1S/C17H17N3O2S2/c1-17-16(22)20(14(10-23-24-17)15(21)19(17)2)9-12-8-7-11-5-3-4-6-13(11)18-12/h3-8,14H,9-10H2,1-2H3. The summed E-state index contributed by atoms with van der Waals surface area (Å²) in [5.74, 6) is 0.609. The zero-order valence-electron chi connectivity index (χ0n) is 13.4. The highest BCUT2D eigenvalue weighted by atomic mass is 33.1. The van der Waals surface area contributed by atoms with Crippen molar-refractivity contribution in [2.75, 3.05) is 12.8 Å². The second-order valence-electron chi connectivity index (χ2n) is 6.19. The Morgan fingerprint density at radius 3 is 2.88 bits per heavy atom. The minimum absolute atomic E-state index is 0.00962. The topological polar surface area (TPSA) is 53.5 Å². The number of aromatic nitrogens is 1. The lowest BCUT2D eigenvalue weighted by Crippen LogP contribution is -2.66. The first-order valence-electron chi connectivity index (χ1n) is 7.75. The van der Waals surface area contributed by atoms with Gasteiger partial charge < -0.3 is 9.80 Å². The molecule has 0 spiro atoms. The molecule has 24 heavy (non-hydrogen) atoms. The van der Waals surface area contributed by atoms with Gasteiger partial charge in [-0.3, -0.25) is 14.6 Å². The summed E-state index contributed by atoms with van der Waals surface area (Å²) in [5.41, 5.74) is 1.71. The maximum absolute atomic E-state index is 13.0. The Morgan fingerprint density at radius 1 is 1.25 bits per heavy atom. The van der Waals surface area contributed by atoms with Gasteiger partial charge in [-0.2, -0.15) is 0 Å². The van der Waals surface area contributed by atoms with Gasteiger partial charge in [-0.25, -0.2) is 0 Å². The first kappa shape index (κ1) is 15.8. The van der Waals surface area contributed by atoms with Gasteiger partial charge in [-0.05, 0) is 19.1 Å². The summed E-state index contributed by atoms with van der Waals surface area (Å²) < 4.78 is 0. The van der Waals surface area contributed by atoms with Crippen LogP contribution in [0.3, 0.4) is 0 Å². The molecule has 3 saturated heterocycles. The summed E-state index contributed by atoms with van der Waals surface area (Å²) in [7, 11) is 4.79. The van der Waals surface area contributed by atoms with E-state index in [1.165, 1.54) is 10.8 Å². The summed E-state index contributed by atoms with van der Waals surface area (Å²) in [6.07, 6.45) is 0. The van der Waals surface area contributed by atoms with Crippen molar-refractivity contribution in [2.24, 2.45) is 0 Å². The maximum Gasteiger partial charge on any atom is 0.260 e. The van der Waals surface area contributed by atoms with Gasteiger partial charge in [0.25, 0.3) is 5.91 Å². The van der Waals surface area contributed by atoms with E-state index < -0.39 is 10.9 Å². The van der Waals surface area contributed by atoms with Crippen molar-refractivity contribution < 1.29 is 9.59 Å². The molecule has 2 atom stereocenters. The smallest absolute Gasteiger partial charge is 0.260 e. The number of para-hydroxylation sites is 1. The molecule has 5 rings (SSSR count). The number of fused-ring (bicyclic) bond motifs is 5. The highest BCUT2D eigenvalue weighted by Gasteiger charge is 2.55. The molecule has 2 aromatic rings. The van der Waals surface area contributed by atoms with Crippen LogP contribution in [0.1, 0.15) is 12.6 Å². The predicted octanol–water partition coefficient (Wildman–Crippen LogP) is 2.52. The number of carbonyl (C=O) groups excluding carboxylic acids is 2. The van der Waals surface area contributed by atoms with Gasteiger partial charge in [-0.1, -0.05) is 45.9 Å². The van der Waals surface area contributed by atoms with Crippen LogP contribution in [-0.4, -0.2) is 50.3 Å². The Morgan fingerprint density at radius 2 is 2.04 bits per heavy atom. The fourth-order valence-corrected chi connectivity index (χ4v) is 6.11. The average Bonchev–Trinajstić information content (AvgIpc) is 2.79. The first-order chi connectivity index (χ1) is 11.5. The van der Waals surface area contributed by atoms with Crippen LogP contribution in [0.2, 0.25) is 0 Å². The third-order valence-electron chi connectivity index (χ3n) is 4.73. The summed E-state index contributed by atoms with van der Waals surface area (Å²) in [6.45, 7) is 2.19. The molecule has 0 saturated carbocycles. The SMILES string of the molecule is CN1C(=O)C2CSSC1(C)C(=O)N2Cc1ccc2ccccc2n1. The van der Waals surface area contributed by atoms with Crippen LogP contribution < -0.4 is 0 Å². The van der Waals surface area contributed by atoms with Crippen LogP contribution in [-0.2, 0) is 16.1 Å². The molecule has 3 aliphatic rings. The number of amides is 2. The summed E-state index contributed by atoms with van der Waals surface area (Å²) in [6, 6.07) is 11.4. The van der Waals surface area contributed by atoms with Crippen molar-refractivity contribution in [1.82, 2.24) is 14.8 Å². The van der Waals surface area contributed by atoms with E-state index in [0.717, 1.165) is 16.6 Å². The normalized spacial score (nSPS) is 27.0. The highest BCUT2D eigenvalue weighted by molar-refractivity contribution is 8.77. The van der Waals surface area contributed by atoms with Gasteiger partial charge in [0.15, 0.2) is 4.87 Å². The number of benzene rings is 1. The van der Waals surface area contributed by atoms with E-state index in [2.05, 4.69) is 4.98 Å². The largest absolute Gasteiger partial charge is 0.321 e. The van der Waals surface area contributed by atoms with Crippen molar-refractivity contribution in [3.8, 4) is 0 Å². The summed E-state index contributed by atoms with van der Waals surface area (Å²) >= 11 is 0. The van der Waals surface area contributed by atoms with E-state index in [1.807, 2.05) is 43.3 Å². The number of likely N-dealkylation sites (N-methyl/N-ethyl adjacent to an activating group) is 1. The Kier molecular flexibility index (Phi) is 3.73. The second kappa shape index (κ2) is 5.67. The van der Waals surface area contributed by atoms with Crippen LogP contribution in [0, 0.1) is 0 Å². The molecule has 2 bridgehead atoms. The Bertz CT molecular complexity index is 843. The Hall–Kier alpha value is -1.73. The van der Waals surface area contributed by atoms with Gasteiger partial charge in [0, 0.05) is 18.2 Å². The van der Waals surface area contributed by atoms with Crippen LogP contribution in [0.4, 0.5) is 0 Å². The highest BCUT2D eigenvalue weighted by Crippen LogP contribution is 2.47. The molecule has 2 unspecified atom stereocenters. The van der Waals surface area contributed by atoms with Gasteiger partial charge >= 0.3 is 0 Å². The minimum Gasteiger partial charge on any atom is -0.321 e. The molecule has 3 aliphatic heterocycles. The molecular formula is C17H17N3O2S2. The average molecular weight is 359 g/mol. The number of rotatable bonds is 2. The fourth-order valence-electron chi connectivity index (χ4n) is 3.14. The molecular weight excluding hydrogens is 342 g/mol. The van der Waals surface area contributed by atoms with Gasteiger partial charge in [0.05, 0.1) is 17.8 Å². The molecule has 0 N–H and O–H groups in total. The monoisotopic (exact) mass is 359 g/mol. The third-order valence-corrected chi connectivity index (χ3v) is 7.80. The van der Waals surface area contributed by atoms with E-state index in [9.17, 15) is 9.59 Å². The van der Waals surface area contributed by atoms with Crippen molar-refractivity contribution in [2.45, 2.75) is 24.4 Å². The quantitative estimate of drug-likeness (QED) is 0.771. The zero-order chi connectivity index (χ0) is 16.9. The number of pyridine rings is 1. The Labute approximate surface area is 148 Å². The van der Waals surface area contributed by atoms with E-state index in [-0.39, 0.29) is 11.8 Å². The van der Waals surface area contributed by atoms with Crippen LogP contribution >= 0.6 is 21.6 Å². The van der Waals surface area contributed by atoms with Crippen LogP contribution in [0.5, 0.6) is 0 Å². The molecule has 1 aromatic heterocycles. The third kappa shape index (κ3) is 2.29. The number of nitrogens with zero attached hydrogens (tertiary/aromatic N) is 3. The lowest BCUT2D eigenvalue weighted by molar-refractivity contribution is -0.160. The number of carbonyl (C=O) groups is 2. The first-order valence-corrected chi connectivity index (χ1v) is 10.1. The van der Waals surface area contributed by atoms with E-state index >= 15 is 0 Å². The Balaban J connectivity index is 1.70. The van der Waals surface area contributed by atoms with Crippen molar-refractivity contribution in [1.29, 1.82) is 0 Å². The molecule has 7 heteroatoms. The van der Waals surface area contributed by atoms with Crippen LogP contribution in [0.25, 0.3) is 10.9 Å². The zero-order valence-corrected chi connectivity index (χ0v) is 15.1. The van der Waals surface area contributed by atoms with E-state index in [0.29, 0.717) is 12.3 Å². The summed E-state index contributed by atoms with van der Waals surface area (Å²) in [4.78, 5) is 32.8. The molecule has 2 amide bonds. The maximum atomic E-state index is 13.0. The lowest BCUT2D eigenvalue weighted by Gasteiger charge is -2.45. The minimum atomic E-state index is -0.842. The van der Waals surface area contributed by atoms with Crippen molar-refractivity contribution in [3.63, 3.8) is 0 Å².